The minimum atomic E-state index is -0.904. The number of benzene rings is 3. The lowest BCUT2D eigenvalue weighted by Crippen LogP contribution is -2.55. The fraction of sp³-hybridized carbons (Fsp3) is 0.400. The van der Waals surface area contributed by atoms with Crippen molar-refractivity contribution in [2.75, 3.05) is 11.4 Å². The summed E-state index contributed by atoms with van der Waals surface area (Å²) >= 11 is 0. The number of carbonyl (C=O) groups is 3. The van der Waals surface area contributed by atoms with Crippen molar-refractivity contribution in [2.45, 2.75) is 83.3 Å². The van der Waals surface area contributed by atoms with Gasteiger partial charge in [0.2, 0.25) is 11.8 Å². The first kappa shape index (κ1) is 30.8. The maximum Gasteiger partial charge on any atom is 0.320 e. The Morgan fingerprint density at radius 3 is 2.00 bits per heavy atom. The van der Waals surface area contributed by atoms with Crippen molar-refractivity contribution in [3.05, 3.63) is 102 Å². The Morgan fingerprint density at radius 2 is 1.45 bits per heavy atom. The third-order valence-electron chi connectivity index (χ3n) is 7.78. The fourth-order valence-corrected chi connectivity index (χ4v) is 5.80. The molecule has 0 aliphatic carbocycles. The predicted molar refractivity (Wildman–Crippen MR) is 168 cm³/mol. The molecule has 3 aromatic rings. The average Bonchev–Trinajstić information content (AvgIpc) is 3.05. The molecule has 3 unspecified atom stereocenters. The van der Waals surface area contributed by atoms with Gasteiger partial charge in [0.05, 0.1) is 6.04 Å². The van der Waals surface area contributed by atoms with E-state index in [0.717, 1.165) is 16.7 Å². The van der Waals surface area contributed by atoms with E-state index >= 15 is 0 Å². The molecular formula is C35H44N4O3. The zero-order chi connectivity index (χ0) is 30.7. The Kier molecular flexibility index (Phi) is 9.09. The molecule has 7 nitrogen and oxygen atoms in total. The standard InChI is InChI=1S/C35H44N4O3/c1-34(2,3)27-18-13-19-28(22-27)39(33(36)42)30-21-26(24-14-9-7-10-15-24)20-29(25-16-11-8-12-17-25)38(32(30)41)23-31(40)37-35(4,5)6/h7-19,22,26,29-30H,20-21,23H2,1-6H3,(H2,36,42)(H,37,40). The smallest absolute Gasteiger partial charge is 0.320 e. The molecule has 1 saturated heterocycles. The molecule has 3 N–H and O–H groups in total. The maximum absolute atomic E-state index is 14.7. The lowest BCUT2D eigenvalue weighted by molar-refractivity contribution is -0.139. The summed E-state index contributed by atoms with van der Waals surface area (Å²) in [7, 11) is 0. The van der Waals surface area contributed by atoms with Crippen molar-refractivity contribution >= 4 is 23.5 Å². The van der Waals surface area contributed by atoms with Gasteiger partial charge in [-0.2, -0.15) is 0 Å². The van der Waals surface area contributed by atoms with Crippen LogP contribution in [0.5, 0.6) is 0 Å². The molecule has 4 amide bonds. The van der Waals surface area contributed by atoms with Gasteiger partial charge in [-0.3, -0.25) is 14.5 Å². The van der Waals surface area contributed by atoms with Crippen LogP contribution in [0.1, 0.15) is 83.0 Å². The van der Waals surface area contributed by atoms with Crippen LogP contribution in [0.4, 0.5) is 10.5 Å². The molecule has 0 saturated carbocycles. The quantitative estimate of drug-likeness (QED) is 0.365. The number of nitrogens with two attached hydrogens (primary N) is 1. The number of urea groups is 1. The molecule has 222 valence electrons. The van der Waals surface area contributed by atoms with Crippen molar-refractivity contribution in [3.63, 3.8) is 0 Å². The van der Waals surface area contributed by atoms with Gasteiger partial charge in [0.15, 0.2) is 0 Å². The van der Waals surface area contributed by atoms with E-state index in [9.17, 15) is 14.4 Å². The zero-order valence-corrected chi connectivity index (χ0v) is 25.6. The van der Waals surface area contributed by atoms with Crippen molar-refractivity contribution in [2.24, 2.45) is 5.73 Å². The van der Waals surface area contributed by atoms with Crippen LogP contribution in [0.2, 0.25) is 0 Å². The average molecular weight is 569 g/mol. The van der Waals surface area contributed by atoms with Crippen molar-refractivity contribution in [1.82, 2.24) is 10.2 Å². The Labute approximate surface area is 250 Å². The minimum absolute atomic E-state index is 0.0753. The van der Waals surface area contributed by atoms with Gasteiger partial charge >= 0.3 is 6.03 Å². The van der Waals surface area contributed by atoms with Crippen LogP contribution < -0.4 is 16.0 Å². The van der Waals surface area contributed by atoms with Crippen LogP contribution in [0, 0.1) is 0 Å². The number of primary amides is 1. The van der Waals surface area contributed by atoms with Crippen LogP contribution in [-0.2, 0) is 15.0 Å². The number of anilines is 1. The predicted octanol–water partition coefficient (Wildman–Crippen LogP) is 6.30. The number of likely N-dealkylation sites (tertiary alicyclic amines) is 1. The molecule has 1 heterocycles. The summed E-state index contributed by atoms with van der Waals surface area (Å²) in [5, 5.41) is 3.01. The van der Waals surface area contributed by atoms with E-state index in [1.807, 2.05) is 93.6 Å². The Bertz CT molecular complexity index is 1390. The molecule has 1 aliphatic heterocycles. The highest BCUT2D eigenvalue weighted by Crippen LogP contribution is 2.41. The van der Waals surface area contributed by atoms with Gasteiger partial charge in [-0.05, 0) is 73.8 Å². The summed E-state index contributed by atoms with van der Waals surface area (Å²) in [6.07, 6.45) is 0.958. The van der Waals surface area contributed by atoms with Gasteiger partial charge < -0.3 is 16.0 Å². The van der Waals surface area contributed by atoms with Gasteiger partial charge in [0.25, 0.3) is 0 Å². The van der Waals surface area contributed by atoms with Crippen LogP contribution in [-0.4, -0.2) is 40.9 Å². The summed E-state index contributed by atoms with van der Waals surface area (Å²) < 4.78 is 0. The third-order valence-corrected chi connectivity index (χ3v) is 7.78. The number of hydrogen-bond donors (Lipinski definition) is 2. The highest BCUT2D eigenvalue weighted by atomic mass is 16.2. The van der Waals surface area contributed by atoms with E-state index in [2.05, 4.69) is 38.2 Å². The second kappa shape index (κ2) is 12.4. The molecule has 0 aromatic heterocycles. The molecule has 3 atom stereocenters. The Morgan fingerprint density at radius 1 is 0.857 bits per heavy atom. The normalized spacial score (nSPS) is 19.6. The summed E-state index contributed by atoms with van der Waals surface area (Å²) in [4.78, 5) is 44.3. The Hall–Kier alpha value is -4.13. The molecular weight excluding hydrogens is 524 g/mol. The Balaban J connectivity index is 1.87. The van der Waals surface area contributed by atoms with E-state index in [-0.39, 0.29) is 35.7 Å². The molecule has 1 fully saturated rings. The number of carbonyl (C=O) groups excluding carboxylic acids is 3. The molecule has 42 heavy (non-hydrogen) atoms. The van der Waals surface area contributed by atoms with E-state index in [1.165, 1.54) is 4.90 Å². The summed E-state index contributed by atoms with van der Waals surface area (Å²) in [5.74, 6) is -0.631. The first-order valence-electron chi connectivity index (χ1n) is 14.6. The van der Waals surface area contributed by atoms with Crippen molar-refractivity contribution in [3.8, 4) is 0 Å². The summed E-state index contributed by atoms with van der Waals surface area (Å²) in [6, 6.07) is 25.6. The van der Waals surface area contributed by atoms with Gasteiger partial charge in [-0.15, -0.1) is 0 Å². The van der Waals surface area contributed by atoms with Gasteiger partial charge in [-0.1, -0.05) is 93.6 Å². The maximum atomic E-state index is 14.7. The zero-order valence-electron chi connectivity index (χ0n) is 25.6. The second-order valence-corrected chi connectivity index (χ2v) is 13.3. The first-order chi connectivity index (χ1) is 19.7. The first-order valence-corrected chi connectivity index (χ1v) is 14.6. The summed E-state index contributed by atoms with van der Waals surface area (Å²) in [5.41, 5.74) is 9.04. The largest absolute Gasteiger partial charge is 0.351 e. The van der Waals surface area contributed by atoms with E-state index in [4.69, 9.17) is 5.73 Å². The van der Waals surface area contributed by atoms with Gasteiger partial charge in [-0.25, -0.2) is 4.79 Å². The van der Waals surface area contributed by atoms with Gasteiger partial charge in [0.1, 0.15) is 12.6 Å². The lowest BCUT2D eigenvalue weighted by Gasteiger charge is -2.36. The molecule has 7 heteroatoms. The number of nitrogens with one attached hydrogen (secondary N) is 1. The topological polar surface area (TPSA) is 95.7 Å². The van der Waals surface area contributed by atoms with E-state index < -0.39 is 17.6 Å². The highest BCUT2D eigenvalue weighted by molar-refractivity contribution is 6.00. The lowest BCUT2D eigenvalue weighted by atomic mass is 9.85. The third kappa shape index (κ3) is 7.38. The number of hydrogen-bond acceptors (Lipinski definition) is 3. The SMILES string of the molecule is CC(C)(C)NC(=O)CN1C(=O)C(N(C(N)=O)c2cccc(C(C)(C)C)c2)CC(c2ccccc2)CC1c1ccccc1. The number of nitrogens with zero attached hydrogens (tertiary/aromatic N) is 2. The molecule has 0 spiro atoms. The summed E-state index contributed by atoms with van der Waals surface area (Å²) in [6.45, 7) is 11.9. The fourth-order valence-electron chi connectivity index (χ4n) is 5.80. The van der Waals surface area contributed by atoms with Gasteiger partial charge in [0, 0.05) is 11.2 Å². The van der Waals surface area contributed by atoms with Crippen molar-refractivity contribution in [1.29, 1.82) is 0 Å². The van der Waals surface area contributed by atoms with E-state index in [0.29, 0.717) is 18.5 Å². The van der Waals surface area contributed by atoms with E-state index in [1.54, 1.807) is 4.90 Å². The minimum Gasteiger partial charge on any atom is -0.351 e. The molecule has 1 aliphatic rings. The number of amides is 4. The second-order valence-electron chi connectivity index (χ2n) is 13.3. The number of rotatable bonds is 6. The van der Waals surface area contributed by atoms with Crippen LogP contribution >= 0.6 is 0 Å². The molecule has 3 aromatic carbocycles. The monoisotopic (exact) mass is 568 g/mol. The molecule has 0 bridgehead atoms. The molecule has 0 radical (unpaired) electrons. The highest BCUT2D eigenvalue weighted by Gasteiger charge is 2.43. The van der Waals surface area contributed by atoms with Crippen LogP contribution in [0.3, 0.4) is 0 Å². The van der Waals surface area contributed by atoms with Crippen molar-refractivity contribution < 1.29 is 14.4 Å². The molecule has 4 rings (SSSR count). The van der Waals surface area contributed by atoms with Crippen LogP contribution in [0.25, 0.3) is 0 Å². The van der Waals surface area contributed by atoms with Crippen LogP contribution in [0.15, 0.2) is 84.9 Å².